The fraction of sp³-hybridized carbons (Fsp3) is 0.444. The highest BCUT2D eigenvalue weighted by Crippen LogP contribution is 2.32. The summed E-state index contributed by atoms with van der Waals surface area (Å²) in [7, 11) is 0. The lowest BCUT2D eigenvalue weighted by Gasteiger charge is -2.20. The Kier molecular flexibility index (Phi) is 2.56. The summed E-state index contributed by atoms with van der Waals surface area (Å²) in [4.78, 5) is 12.5. The van der Waals surface area contributed by atoms with E-state index < -0.39 is 0 Å². The molecule has 0 radical (unpaired) electrons. The summed E-state index contributed by atoms with van der Waals surface area (Å²) in [5.74, 6) is 0.177. The van der Waals surface area contributed by atoms with Crippen LogP contribution in [0, 0.1) is 0 Å². The van der Waals surface area contributed by atoms with Gasteiger partial charge in [-0.25, -0.2) is 0 Å². The summed E-state index contributed by atoms with van der Waals surface area (Å²) in [6.07, 6.45) is 2.01. The van der Waals surface area contributed by atoms with Crippen molar-refractivity contribution in [3.63, 3.8) is 0 Å². The van der Waals surface area contributed by atoms with Crippen molar-refractivity contribution in [1.29, 1.82) is 0 Å². The van der Waals surface area contributed by atoms with E-state index in [1.165, 1.54) is 11.3 Å². The highest BCUT2D eigenvalue weighted by Gasteiger charge is 2.24. The normalized spacial score (nSPS) is 22.8. The van der Waals surface area contributed by atoms with Gasteiger partial charge in [0.2, 0.25) is 5.91 Å². The zero-order chi connectivity index (χ0) is 9.26. The van der Waals surface area contributed by atoms with E-state index in [2.05, 4.69) is 5.32 Å². The molecular formula is C9H10ClNOS. The molecule has 13 heavy (non-hydrogen) atoms. The van der Waals surface area contributed by atoms with Gasteiger partial charge in [-0.15, -0.1) is 11.3 Å². The number of hydrogen-bond acceptors (Lipinski definition) is 2. The molecule has 0 bridgehead atoms. The van der Waals surface area contributed by atoms with Crippen molar-refractivity contribution >= 4 is 28.8 Å². The highest BCUT2D eigenvalue weighted by molar-refractivity contribution is 7.16. The number of carbonyl (C=O) groups excluding carboxylic acids is 1. The zero-order valence-corrected chi connectivity index (χ0v) is 8.62. The summed E-state index contributed by atoms with van der Waals surface area (Å²) in [6, 6.07) is 3.80. The molecule has 70 valence electrons. The largest absolute Gasteiger partial charge is 0.356 e. The number of rotatable bonds is 1. The third-order valence-corrected chi connectivity index (χ3v) is 3.57. The molecule has 1 aromatic heterocycles. The molecule has 0 spiro atoms. The molecule has 1 aliphatic heterocycles. The van der Waals surface area contributed by atoms with Crippen molar-refractivity contribution in [2.24, 2.45) is 0 Å². The Morgan fingerprint density at radius 2 is 2.38 bits per heavy atom. The summed E-state index contributed by atoms with van der Waals surface area (Å²) >= 11 is 7.32. The smallest absolute Gasteiger partial charge is 0.228 e. The maximum absolute atomic E-state index is 11.5. The minimum Gasteiger partial charge on any atom is -0.356 e. The lowest BCUT2D eigenvalue weighted by Crippen LogP contribution is -2.34. The molecule has 1 aromatic rings. The molecule has 1 atom stereocenters. The van der Waals surface area contributed by atoms with Crippen LogP contribution in [-0.2, 0) is 4.79 Å². The van der Waals surface area contributed by atoms with Gasteiger partial charge in [0.15, 0.2) is 0 Å². The van der Waals surface area contributed by atoms with Crippen LogP contribution in [-0.4, -0.2) is 12.5 Å². The van der Waals surface area contributed by atoms with E-state index in [1.54, 1.807) is 0 Å². The van der Waals surface area contributed by atoms with Gasteiger partial charge in [-0.3, -0.25) is 4.79 Å². The fourth-order valence-corrected chi connectivity index (χ4v) is 2.75. The Bertz CT molecular complexity index is 323. The third kappa shape index (κ3) is 1.86. The van der Waals surface area contributed by atoms with Crippen molar-refractivity contribution in [2.45, 2.75) is 18.8 Å². The first-order valence-electron chi connectivity index (χ1n) is 4.30. The van der Waals surface area contributed by atoms with Crippen LogP contribution >= 0.6 is 22.9 Å². The van der Waals surface area contributed by atoms with Crippen molar-refractivity contribution in [3.8, 4) is 0 Å². The van der Waals surface area contributed by atoms with Gasteiger partial charge in [0.25, 0.3) is 0 Å². The molecule has 1 unspecified atom stereocenters. The SMILES string of the molecule is O=C1NCCCC1c1ccc(Cl)s1. The van der Waals surface area contributed by atoms with Crippen LogP contribution in [0.15, 0.2) is 12.1 Å². The molecule has 0 aromatic carbocycles. The Balaban J connectivity index is 2.19. The molecule has 2 nitrogen and oxygen atoms in total. The molecule has 0 saturated carbocycles. The van der Waals surface area contributed by atoms with Gasteiger partial charge >= 0.3 is 0 Å². The van der Waals surface area contributed by atoms with Crippen LogP contribution in [0.2, 0.25) is 4.34 Å². The number of piperidine rings is 1. The van der Waals surface area contributed by atoms with Gasteiger partial charge in [-0.1, -0.05) is 11.6 Å². The first-order chi connectivity index (χ1) is 6.27. The predicted molar refractivity (Wildman–Crippen MR) is 54.3 cm³/mol. The van der Waals surface area contributed by atoms with Crippen LogP contribution in [0.3, 0.4) is 0 Å². The van der Waals surface area contributed by atoms with Gasteiger partial charge in [-0.05, 0) is 25.0 Å². The molecular weight excluding hydrogens is 206 g/mol. The standard InChI is InChI=1S/C9H10ClNOS/c10-8-4-3-7(13-8)6-2-1-5-11-9(6)12/h3-4,6H,1-2,5H2,(H,11,12). The lowest BCUT2D eigenvalue weighted by molar-refractivity contribution is -0.123. The number of nitrogens with one attached hydrogen (secondary N) is 1. The molecule has 2 rings (SSSR count). The van der Waals surface area contributed by atoms with E-state index in [4.69, 9.17) is 11.6 Å². The second kappa shape index (κ2) is 3.68. The van der Waals surface area contributed by atoms with E-state index in [-0.39, 0.29) is 11.8 Å². The van der Waals surface area contributed by atoms with E-state index in [0.29, 0.717) is 0 Å². The van der Waals surface area contributed by atoms with E-state index in [9.17, 15) is 4.79 Å². The van der Waals surface area contributed by atoms with E-state index in [1.807, 2.05) is 12.1 Å². The minimum absolute atomic E-state index is 0.0336. The average Bonchev–Trinajstić information content (AvgIpc) is 2.53. The monoisotopic (exact) mass is 215 g/mol. The van der Waals surface area contributed by atoms with Gasteiger partial charge in [0.05, 0.1) is 10.3 Å². The van der Waals surface area contributed by atoms with Crippen molar-refractivity contribution in [2.75, 3.05) is 6.54 Å². The average molecular weight is 216 g/mol. The van der Waals surface area contributed by atoms with Gasteiger partial charge < -0.3 is 5.32 Å². The van der Waals surface area contributed by atoms with Crippen molar-refractivity contribution in [1.82, 2.24) is 5.32 Å². The fourth-order valence-electron chi connectivity index (χ4n) is 1.56. The highest BCUT2D eigenvalue weighted by atomic mass is 35.5. The Morgan fingerprint density at radius 1 is 1.54 bits per heavy atom. The quantitative estimate of drug-likeness (QED) is 0.766. The number of carbonyl (C=O) groups is 1. The molecule has 1 saturated heterocycles. The number of amides is 1. The Hall–Kier alpha value is -0.540. The van der Waals surface area contributed by atoms with Gasteiger partial charge in [0, 0.05) is 11.4 Å². The minimum atomic E-state index is 0.0336. The molecule has 1 aliphatic rings. The molecule has 1 fully saturated rings. The molecule has 0 aliphatic carbocycles. The van der Waals surface area contributed by atoms with Gasteiger partial charge in [-0.2, -0.15) is 0 Å². The molecule has 4 heteroatoms. The maximum atomic E-state index is 11.5. The maximum Gasteiger partial charge on any atom is 0.228 e. The Morgan fingerprint density at radius 3 is 3.00 bits per heavy atom. The predicted octanol–water partition coefficient (Wildman–Crippen LogP) is 2.40. The summed E-state index contributed by atoms with van der Waals surface area (Å²) in [6.45, 7) is 0.814. The third-order valence-electron chi connectivity index (χ3n) is 2.22. The summed E-state index contributed by atoms with van der Waals surface area (Å²) < 4.78 is 0.758. The van der Waals surface area contributed by atoms with E-state index >= 15 is 0 Å². The van der Waals surface area contributed by atoms with Crippen LogP contribution in [0.1, 0.15) is 23.6 Å². The summed E-state index contributed by atoms with van der Waals surface area (Å²) in [5.41, 5.74) is 0. The zero-order valence-electron chi connectivity index (χ0n) is 7.05. The molecule has 2 heterocycles. The van der Waals surface area contributed by atoms with Crippen molar-refractivity contribution in [3.05, 3.63) is 21.3 Å². The number of halogens is 1. The molecule has 1 amide bonds. The first-order valence-corrected chi connectivity index (χ1v) is 5.50. The van der Waals surface area contributed by atoms with Gasteiger partial charge in [0.1, 0.15) is 0 Å². The van der Waals surface area contributed by atoms with Crippen LogP contribution in [0.4, 0.5) is 0 Å². The van der Waals surface area contributed by atoms with Crippen molar-refractivity contribution < 1.29 is 4.79 Å². The number of hydrogen-bond donors (Lipinski definition) is 1. The topological polar surface area (TPSA) is 29.1 Å². The summed E-state index contributed by atoms with van der Waals surface area (Å²) in [5, 5.41) is 2.86. The second-order valence-electron chi connectivity index (χ2n) is 3.13. The van der Waals surface area contributed by atoms with E-state index in [0.717, 1.165) is 28.6 Å². The second-order valence-corrected chi connectivity index (χ2v) is 4.87. The number of thiophene rings is 1. The Labute approximate surface area is 85.9 Å². The first kappa shape index (κ1) is 9.03. The lowest BCUT2D eigenvalue weighted by atomic mass is 9.97. The van der Waals surface area contributed by atoms with Crippen LogP contribution < -0.4 is 5.32 Å². The van der Waals surface area contributed by atoms with Crippen LogP contribution in [0.5, 0.6) is 0 Å². The molecule has 1 N–H and O–H groups in total. The van der Waals surface area contributed by atoms with Crippen LogP contribution in [0.25, 0.3) is 0 Å².